The third-order valence-electron chi connectivity index (χ3n) is 1.39. The quantitative estimate of drug-likeness (QED) is 0.749. The molecule has 4 heteroatoms. The zero-order valence-corrected chi connectivity index (χ0v) is 7.74. The molecule has 0 amide bonds. The molecule has 12 heavy (non-hydrogen) atoms. The summed E-state index contributed by atoms with van der Waals surface area (Å²) >= 11 is -0.804. The molecule has 0 heterocycles. The molecule has 0 atom stereocenters. The first-order chi connectivity index (χ1) is 5.88. The topological polar surface area (TPSA) is 56.1 Å². The Bertz CT molecular complexity index is 295. The largest absolute Gasteiger partial charge is 0.550 e. The van der Waals surface area contributed by atoms with Gasteiger partial charge in [0.2, 0.25) is 0 Å². The first kappa shape index (κ1) is 9.20. The number of nitrogens with zero attached hydrogens (tertiary/aromatic N) is 1. The maximum absolute atomic E-state index is 10.0. The van der Waals surface area contributed by atoms with Gasteiger partial charge in [-0.2, -0.15) is 5.26 Å². The van der Waals surface area contributed by atoms with E-state index in [1.807, 2.05) is 12.1 Å². The standard InChI is InChI=1S/C8H6BrNO2/c10-5-7-3-1-2-4-8(7)6-12-9-11/h1-4H,6H2. The predicted molar refractivity (Wildman–Crippen MR) is 35.9 cm³/mol. The highest BCUT2D eigenvalue weighted by molar-refractivity contribution is 5.36. The van der Waals surface area contributed by atoms with Crippen molar-refractivity contribution in [1.82, 2.24) is 0 Å². The highest BCUT2D eigenvalue weighted by Crippen LogP contribution is 2.07. The highest BCUT2D eigenvalue weighted by Gasteiger charge is 2.02. The molecule has 1 aromatic carbocycles. The number of hydrogen-bond acceptors (Lipinski definition) is 3. The lowest BCUT2D eigenvalue weighted by atomic mass is 10.1. The Balaban J connectivity index is 2.77. The molecule has 0 radical (unpaired) electrons. The van der Waals surface area contributed by atoms with E-state index < -0.39 is 15.5 Å². The molecule has 0 aliphatic rings. The van der Waals surface area contributed by atoms with Gasteiger partial charge in [-0.15, -0.1) is 3.83 Å². The van der Waals surface area contributed by atoms with E-state index in [1.54, 1.807) is 18.2 Å². The van der Waals surface area contributed by atoms with E-state index in [0.717, 1.165) is 5.56 Å². The second-order valence-corrected chi connectivity index (χ2v) is 2.81. The molecule has 1 aromatic rings. The van der Waals surface area contributed by atoms with E-state index in [0.29, 0.717) is 5.56 Å². The van der Waals surface area contributed by atoms with Crippen molar-refractivity contribution in [3.63, 3.8) is 0 Å². The van der Waals surface area contributed by atoms with Gasteiger partial charge in [-0.25, -0.2) is 0 Å². The summed E-state index contributed by atoms with van der Waals surface area (Å²) in [5, 5.41) is 8.64. The van der Waals surface area contributed by atoms with Gasteiger partial charge < -0.3 is 4.20 Å². The second kappa shape index (κ2) is 4.88. The van der Waals surface area contributed by atoms with E-state index in [-0.39, 0.29) is 6.61 Å². The highest BCUT2D eigenvalue weighted by atomic mass is 79.9. The van der Waals surface area contributed by atoms with Crippen molar-refractivity contribution in [1.29, 1.82) is 5.26 Å². The van der Waals surface area contributed by atoms with E-state index in [1.165, 1.54) is 0 Å². The average Bonchev–Trinajstić information content (AvgIpc) is 2.15. The van der Waals surface area contributed by atoms with Crippen LogP contribution >= 0.6 is 0 Å². The lowest BCUT2D eigenvalue weighted by molar-refractivity contribution is -1.27. The molecule has 0 spiro atoms. The second-order valence-electron chi connectivity index (χ2n) is 2.09. The molecular weight excluding hydrogens is 222 g/mol. The Morgan fingerprint density at radius 1 is 1.50 bits per heavy atom. The molecule has 62 valence electrons. The summed E-state index contributed by atoms with van der Waals surface area (Å²) in [5.41, 5.74) is 1.33. The molecule has 0 N–H and O–H groups in total. The van der Waals surface area contributed by atoms with Crippen molar-refractivity contribution >= 4 is 0 Å². The molecule has 0 aliphatic carbocycles. The van der Waals surface area contributed by atoms with E-state index in [9.17, 15) is 4.20 Å². The predicted octanol–water partition coefficient (Wildman–Crippen LogP) is 0.350. The number of hydrogen-bond donors (Lipinski definition) is 0. The molecule has 0 bridgehead atoms. The van der Waals surface area contributed by atoms with Gasteiger partial charge in [-0.3, -0.25) is 0 Å². The first-order valence-electron chi connectivity index (χ1n) is 3.25. The van der Waals surface area contributed by atoms with Crippen molar-refractivity contribution in [2.75, 3.05) is 0 Å². The van der Waals surface area contributed by atoms with E-state index in [4.69, 9.17) is 5.26 Å². The summed E-state index contributed by atoms with van der Waals surface area (Å²) in [6, 6.07) is 9.10. The maximum atomic E-state index is 10.0. The van der Waals surface area contributed by atoms with Gasteiger partial charge in [-0.1, -0.05) is 18.2 Å². The molecule has 0 unspecified atom stereocenters. The van der Waals surface area contributed by atoms with Gasteiger partial charge >= 0.3 is 15.5 Å². The van der Waals surface area contributed by atoms with Crippen LogP contribution in [0.3, 0.4) is 0 Å². The Morgan fingerprint density at radius 2 is 2.25 bits per heavy atom. The fourth-order valence-electron chi connectivity index (χ4n) is 0.836. The van der Waals surface area contributed by atoms with Gasteiger partial charge in [0.15, 0.2) is 0 Å². The smallest absolute Gasteiger partial charge is 0.420 e. The van der Waals surface area contributed by atoms with Crippen LogP contribution in [0.25, 0.3) is 0 Å². The third kappa shape index (κ3) is 2.31. The fourth-order valence-corrected chi connectivity index (χ4v) is 1.18. The molecule has 0 saturated carbocycles. The summed E-state index contributed by atoms with van der Waals surface area (Å²) in [7, 11) is 0. The van der Waals surface area contributed by atoms with Crippen LogP contribution in [0.2, 0.25) is 0 Å². The fraction of sp³-hybridized carbons (Fsp3) is 0.125. The van der Waals surface area contributed by atoms with E-state index in [2.05, 4.69) is 3.83 Å². The van der Waals surface area contributed by atoms with Crippen LogP contribution < -0.4 is 4.20 Å². The number of halogens is 1. The zero-order valence-electron chi connectivity index (χ0n) is 6.16. The summed E-state index contributed by atoms with van der Waals surface area (Å²) in [6.45, 7) is 0.229. The molecule has 3 nitrogen and oxygen atoms in total. The van der Waals surface area contributed by atoms with Crippen molar-refractivity contribution in [3.8, 4) is 6.07 Å². The Labute approximate surface area is 77.3 Å². The molecule has 0 aliphatic heterocycles. The van der Waals surface area contributed by atoms with Crippen LogP contribution in [0.1, 0.15) is 11.1 Å². The molecule has 1 rings (SSSR count). The molecular formula is C8H6BrNO2. The molecule has 0 fully saturated rings. The lowest BCUT2D eigenvalue weighted by Crippen LogP contribution is -2.04. The Hall–Kier alpha value is -0.890. The Morgan fingerprint density at radius 3 is 2.92 bits per heavy atom. The number of rotatable bonds is 3. The number of nitriles is 1. The zero-order chi connectivity index (χ0) is 8.81. The normalized spacial score (nSPS) is 9.33. The van der Waals surface area contributed by atoms with E-state index >= 15 is 0 Å². The van der Waals surface area contributed by atoms with Gasteiger partial charge in [0.05, 0.1) is 11.6 Å². The minimum Gasteiger partial charge on any atom is -0.550 e. The van der Waals surface area contributed by atoms with Crippen molar-refractivity contribution in [2.45, 2.75) is 6.61 Å². The minimum absolute atomic E-state index is 0.229. The maximum Gasteiger partial charge on any atom is 0.420 e. The van der Waals surface area contributed by atoms with Crippen molar-refractivity contribution in [3.05, 3.63) is 35.4 Å². The monoisotopic (exact) mass is 227 g/mol. The summed E-state index contributed by atoms with van der Waals surface area (Å²) in [6.07, 6.45) is 0. The number of benzene rings is 1. The Kier molecular flexibility index (Phi) is 3.74. The van der Waals surface area contributed by atoms with Crippen LogP contribution in [0.5, 0.6) is 0 Å². The summed E-state index contributed by atoms with van der Waals surface area (Å²) in [5.74, 6) is 0. The van der Waals surface area contributed by atoms with Crippen LogP contribution in [-0.2, 0) is 10.4 Å². The SMILES string of the molecule is N#Cc1ccccc1CO[Br+][O-]. The van der Waals surface area contributed by atoms with Gasteiger partial charge in [0.25, 0.3) is 0 Å². The van der Waals surface area contributed by atoms with Crippen LogP contribution in [0.15, 0.2) is 24.3 Å². The average molecular weight is 228 g/mol. The van der Waals surface area contributed by atoms with Crippen LogP contribution in [0.4, 0.5) is 0 Å². The van der Waals surface area contributed by atoms with Crippen molar-refractivity contribution in [2.24, 2.45) is 0 Å². The minimum atomic E-state index is -0.804. The van der Waals surface area contributed by atoms with Crippen molar-refractivity contribution < 1.29 is 23.6 Å². The third-order valence-corrected chi connectivity index (χ3v) is 1.81. The summed E-state index contributed by atoms with van der Waals surface area (Å²) in [4.78, 5) is 0. The molecule has 0 aromatic heterocycles. The first-order valence-corrected chi connectivity index (χ1v) is 4.55. The molecule has 0 saturated heterocycles. The van der Waals surface area contributed by atoms with Crippen LogP contribution in [0, 0.1) is 26.9 Å². The lowest BCUT2D eigenvalue weighted by Gasteiger charge is -1.96. The van der Waals surface area contributed by atoms with Gasteiger partial charge in [-0.05, 0) is 6.07 Å². The summed E-state index contributed by atoms with van der Waals surface area (Å²) < 4.78 is 14.7. The van der Waals surface area contributed by atoms with Gasteiger partial charge in [0.1, 0.15) is 6.61 Å². The van der Waals surface area contributed by atoms with Crippen LogP contribution in [-0.4, -0.2) is 0 Å². The van der Waals surface area contributed by atoms with Gasteiger partial charge in [0, 0.05) is 5.56 Å².